The van der Waals surface area contributed by atoms with Crippen molar-refractivity contribution in [2.24, 2.45) is 0 Å². The van der Waals surface area contributed by atoms with Crippen molar-refractivity contribution in [3.63, 3.8) is 0 Å². The fourth-order valence-corrected chi connectivity index (χ4v) is 2.54. The number of halogens is 1. The summed E-state index contributed by atoms with van der Waals surface area (Å²) in [4.78, 5) is 7.41. The fraction of sp³-hybridized carbons (Fsp3) is 0.182. The Morgan fingerprint density at radius 2 is 2.31 bits per heavy atom. The molecule has 0 saturated carbocycles. The van der Waals surface area contributed by atoms with Gasteiger partial charge in [0.15, 0.2) is 0 Å². The van der Waals surface area contributed by atoms with E-state index in [0.717, 1.165) is 22.4 Å². The molecule has 2 rings (SSSR count). The van der Waals surface area contributed by atoms with Gasteiger partial charge in [-0.05, 0) is 18.2 Å². The molecular weight excluding hydrogens is 286 g/mol. The number of anilines is 2. The molecule has 0 aliphatic heterocycles. The van der Waals surface area contributed by atoms with Crippen LogP contribution in [-0.2, 0) is 6.54 Å². The zero-order valence-corrected chi connectivity index (χ0v) is 11.3. The Bertz CT molecular complexity index is 470. The summed E-state index contributed by atoms with van der Waals surface area (Å²) in [7, 11) is 2.03. The third kappa shape index (κ3) is 2.54. The van der Waals surface area contributed by atoms with Crippen molar-refractivity contribution in [1.29, 1.82) is 0 Å². The molecule has 0 aliphatic rings. The molecule has 0 bridgehead atoms. The average molecular weight is 298 g/mol. The smallest absolute Gasteiger partial charge is 0.0794 e. The number of benzene rings is 1. The van der Waals surface area contributed by atoms with Crippen LogP contribution in [0.15, 0.2) is 34.4 Å². The number of aromatic nitrogens is 1. The lowest BCUT2D eigenvalue weighted by Crippen LogP contribution is -2.17. The maximum Gasteiger partial charge on any atom is 0.0794 e. The van der Waals surface area contributed by atoms with Crippen LogP contribution in [0.5, 0.6) is 0 Å². The Labute approximate surface area is 107 Å². The first-order valence-corrected chi connectivity index (χ1v) is 6.47. The van der Waals surface area contributed by atoms with E-state index >= 15 is 0 Å². The molecule has 0 amide bonds. The minimum atomic E-state index is 0.779. The van der Waals surface area contributed by atoms with Crippen LogP contribution >= 0.6 is 27.3 Å². The predicted molar refractivity (Wildman–Crippen MR) is 72.8 cm³/mol. The molecule has 2 aromatic rings. The zero-order chi connectivity index (χ0) is 11.5. The first-order valence-electron chi connectivity index (χ1n) is 4.80. The number of nitrogen functional groups attached to an aromatic ring is 1. The number of hydrogen-bond donors (Lipinski definition) is 1. The molecular formula is C11H12BrN3S. The van der Waals surface area contributed by atoms with Crippen molar-refractivity contribution in [3.8, 4) is 0 Å². The van der Waals surface area contributed by atoms with Crippen LogP contribution in [0.3, 0.4) is 0 Å². The van der Waals surface area contributed by atoms with Gasteiger partial charge in [-0.25, -0.2) is 0 Å². The van der Waals surface area contributed by atoms with Crippen molar-refractivity contribution < 1.29 is 0 Å². The molecule has 16 heavy (non-hydrogen) atoms. The van der Waals surface area contributed by atoms with Crippen LogP contribution in [-0.4, -0.2) is 12.0 Å². The summed E-state index contributed by atoms with van der Waals surface area (Å²) in [6.07, 6.45) is 1.89. The quantitative estimate of drug-likeness (QED) is 0.885. The van der Waals surface area contributed by atoms with Crippen LogP contribution < -0.4 is 10.6 Å². The largest absolute Gasteiger partial charge is 0.397 e. The molecule has 1 heterocycles. The van der Waals surface area contributed by atoms with E-state index in [0.29, 0.717) is 0 Å². The SMILES string of the molecule is CN(Cc1cncs1)c1ccc(Br)cc1N. The molecule has 0 fully saturated rings. The molecule has 1 aromatic carbocycles. The minimum absolute atomic E-state index is 0.779. The van der Waals surface area contributed by atoms with Crippen LogP contribution in [0.2, 0.25) is 0 Å². The number of nitrogens with two attached hydrogens (primary N) is 1. The Hall–Kier alpha value is -1.07. The van der Waals surface area contributed by atoms with Crippen molar-refractivity contribution >= 4 is 38.6 Å². The third-order valence-corrected chi connectivity index (χ3v) is 3.53. The van der Waals surface area contributed by atoms with Gasteiger partial charge in [-0.15, -0.1) is 11.3 Å². The van der Waals surface area contributed by atoms with E-state index in [2.05, 4.69) is 25.8 Å². The van der Waals surface area contributed by atoms with E-state index in [9.17, 15) is 0 Å². The predicted octanol–water partition coefficient (Wildman–Crippen LogP) is 3.12. The molecule has 0 aliphatic carbocycles. The fourth-order valence-electron chi connectivity index (χ4n) is 1.51. The third-order valence-electron chi connectivity index (χ3n) is 2.28. The Morgan fingerprint density at radius 3 is 2.94 bits per heavy atom. The molecule has 84 valence electrons. The van der Waals surface area contributed by atoms with Gasteiger partial charge in [-0.3, -0.25) is 4.98 Å². The lowest BCUT2D eigenvalue weighted by atomic mass is 10.2. The topological polar surface area (TPSA) is 42.2 Å². The highest BCUT2D eigenvalue weighted by Gasteiger charge is 2.07. The highest BCUT2D eigenvalue weighted by Crippen LogP contribution is 2.27. The van der Waals surface area contributed by atoms with Crippen molar-refractivity contribution in [1.82, 2.24) is 4.98 Å². The molecule has 0 atom stereocenters. The summed E-state index contributed by atoms with van der Waals surface area (Å²) < 4.78 is 1.000. The van der Waals surface area contributed by atoms with E-state index < -0.39 is 0 Å². The summed E-state index contributed by atoms with van der Waals surface area (Å²) in [5, 5.41) is 0. The van der Waals surface area contributed by atoms with E-state index in [-0.39, 0.29) is 0 Å². The second kappa shape index (κ2) is 4.84. The Morgan fingerprint density at radius 1 is 1.50 bits per heavy atom. The average Bonchev–Trinajstić information content (AvgIpc) is 2.70. The second-order valence-corrected chi connectivity index (χ2v) is 5.41. The normalized spacial score (nSPS) is 10.4. The van der Waals surface area contributed by atoms with Crippen molar-refractivity contribution in [2.75, 3.05) is 17.7 Å². The van der Waals surface area contributed by atoms with E-state index in [1.54, 1.807) is 11.3 Å². The highest BCUT2D eigenvalue weighted by atomic mass is 79.9. The first-order chi connectivity index (χ1) is 7.66. The number of thiazole rings is 1. The van der Waals surface area contributed by atoms with Gasteiger partial charge in [-0.2, -0.15) is 0 Å². The summed E-state index contributed by atoms with van der Waals surface area (Å²) in [5.74, 6) is 0. The summed E-state index contributed by atoms with van der Waals surface area (Å²) in [6, 6.07) is 5.92. The van der Waals surface area contributed by atoms with Gasteiger partial charge in [0.1, 0.15) is 0 Å². The van der Waals surface area contributed by atoms with E-state index in [1.807, 2.05) is 37.0 Å². The van der Waals surface area contributed by atoms with Gasteiger partial charge in [0.25, 0.3) is 0 Å². The van der Waals surface area contributed by atoms with Gasteiger partial charge in [0.05, 0.1) is 23.4 Å². The molecule has 3 nitrogen and oxygen atoms in total. The zero-order valence-electron chi connectivity index (χ0n) is 8.85. The van der Waals surface area contributed by atoms with Crippen LogP contribution in [0, 0.1) is 0 Å². The number of hydrogen-bond acceptors (Lipinski definition) is 4. The molecule has 0 spiro atoms. The maximum absolute atomic E-state index is 5.97. The first kappa shape index (κ1) is 11.4. The minimum Gasteiger partial charge on any atom is -0.397 e. The molecule has 2 N–H and O–H groups in total. The lowest BCUT2D eigenvalue weighted by Gasteiger charge is -2.20. The molecule has 0 radical (unpaired) electrons. The van der Waals surface area contributed by atoms with E-state index in [4.69, 9.17) is 5.73 Å². The van der Waals surface area contributed by atoms with Crippen molar-refractivity contribution in [2.45, 2.75) is 6.54 Å². The van der Waals surface area contributed by atoms with Crippen LogP contribution in [0.1, 0.15) is 4.88 Å². The molecule has 1 aromatic heterocycles. The van der Waals surface area contributed by atoms with Crippen molar-refractivity contribution in [3.05, 3.63) is 39.3 Å². The van der Waals surface area contributed by atoms with Crippen LogP contribution in [0.25, 0.3) is 0 Å². The number of nitrogens with zero attached hydrogens (tertiary/aromatic N) is 2. The second-order valence-electron chi connectivity index (χ2n) is 3.53. The maximum atomic E-state index is 5.97. The van der Waals surface area contributed by atoms with Gasteiger partial charge in [-0.1, -0.05) is 15.9 Å². The lowest BCUT2D eigenvalue weighted by molar-refractivity contribution is 0.938. The van der Waals surface area contributed by atoms with Crippen LogP contribution in [0.4, 0.5) is 11.4 Å². The Balaban J connectivity index is 2.17. The summed E-state index contributed by atoms with van der Waals surface area (Å²) in [6.45, 7) is 0.830. The van der Waals surface area contributed by atoms with E-state index in [1.165, 1.54) is 4.88 Å². The Kier molecular flexibility index (Phi) is 3.46. The van der Waals surface area contributed by atoms with Gasteiger partial charge < -0.3 is 10.6 Å². The van der Waals surface area contributed by atoms with Gasteiger partial charge in [0.2, 0.25) is 0 Å². The number of rotatable bonds is 3. The van der Waals surface area contributed by atoms with Gasteiger partial charge >= 0.3 is 0 Å². The standard InChI is InChI=1S/C11H12BrN3S/c1-15(6-9-5-14-7-16-9)11-3-2-8(12)4-10(11)13/h2-5,7H,6,13H2,1H3. The summed E-state index contributed by atoms with van der Waals surface area (Å²) in [5.41, 5.74) is 9.63. The molecule has 5 heteroatoms. The monoisotopic (exact) mass is 297 g/mol. The summed E-state index contributed by atoms with van der Waals surface area (Å²) >= 11 is 5.05. The van der Waals surface area contributed by atoms with Gasteiger partial charge in [0, 0.05) is 22.6 Å². The highest BCUT2D eigenvalue weighted by molar-refractivity contribution is 9.10. The molecule has 0 saturated heterocycles. The molecule has 0 unspecified atom stereocenters.